The SMILES string of the molecule is CC1(C)CC(=O)CN1Cc1ccccc1Cl. The Morgan fingerprint density at radius 1 is 1.38 bits per heavy atom. The number of carbonyl (C=O) groups excluding carboxylic acids is 1. The first-order chi connectivity index (χ1) is 7.49. The molecule has 1 heterocycles. The molecule has 0 N–H and O–H groups in total. The molecule has 0 amide bonds. The molecule has 86 valence electrons. The molecule has 16 heavy (non-hydrogen) atoms. The zero-order chi connectivity index (χ0) is 11.8. The van der Waals surface area contributed by atoms with E-state index in [1.54, 1.807) is 0 Å². The Morgan fingerprint density at radius 2 is 2.06 bits per heavy atom. The first-order valence-corrected chi connectivity index (χ1v) is 5.87. The smallest absolute Gasteiger partial charge is 0.148 e. The number of carbonyl (C=O) groups is 1. The van der Waals surface area contributed by atoms with E-state index in [2.05, 4.69) is 18.7 Å². The highest BCUT2D eigenvalue weighted by atomic mass is 35.5. The molecule has 1 aromatic rings. The third-order valence-corrected chi connectivity index (χ3v) is 3.54. The zero-order valence-electron chi connectivity index (χ0n) is 9.66. The number of Topliss-reactive ketones (excluding diaryl/α,β-unsaturated/α-hetero) is 1. The van der Waals surface area contributed by atoms with Crippen molar-refractivity contribution in [2.24, 2.45) is 0 Å². The van der Waals surface area contributed by atoms with Crippen LogP contribution >= 0.6 is 11.6 Å². The number of likely N-dealkylation sites (tertiary alicyclic amines) is 1. The molecule has 2 rings (SSSR count). The van der Waals surface area contributed by atoms with Gasteiger partial charge >= 0.3 is 0 Å². The highest BCUT2D eigenvalue weighted by Gasteiger charge is 2.37. The minimum atomic E-state index is -0.0454. The number of nitrogens with zero attached hydrogens (tertiary/aromatic N) is 1. The topological polar surface area (TPSA) is 20.3 Å². The van der Waals surface area contributed by atoms with Crippen molar-refractivity contribution in [3.05, 3.63) is 34.9 Å². The van der Waals surface area contributed by atoms with Gasteiger partial charge in [0.2, 0.25) is 0 Å². The standard InChI is InChI=1S/C13H16ClNO/c1-13(2)7-11(16)9-15(13)8-10-5-3-4-6-12(10)14/h3-6H,7-9H2,1-2H3. The molecule has 1 aliphatic rings. The average Bonchev–Trinajstić information content (AvgIpc) is 2.43. The lowest BCUT2D eigenvalue weighted by atomic mass is 10.0. The molecule has 1 aliphatic heterocycles. The fourth-order valence-corrected chi connectivity index (χ4v) is 2.37. The van der Waals surface area contributed by atoms with Crippen LogP contribution in [-0.2, 0) is 11.3 Å². The van der Waals surface area contributed by atoms with Gasteiger partial charge in [0.1, 0.15) is 5.78 Å². The maximum absolute atomic E-state index is 11.5. The minimum absolute atomic E-state index is 0.0454. The Hall–Kier alpha value is -0.860. The Morgan fingerprint density at radius 3 is 2.62 bits per heavy atom. The lowest BCUT2D eigenvalue weighted by molar-refractivity contribution is -0.117. The summed E-state index contributed by atoms with van der Waals surface area (Å²) in [6.45, 7) is 5.50. The van der Waals surface area contributed by atoms with Gasteiger partial charge < -0.3 is 0 Å². The third-order valence-electron chi connectivity index (χ3n) is 3.17. The van der Waals surface area contributed by atoms with Crippen molar-refractivity contribution in [2.75, 3.05) is 6.54 Å². The molecule has 1 fully saturated rings. The van der Waals surface area contributed by atoms with Crippen molar-refractivity contribution in [1.82, 2.24) is 4.90 Å². The van der Waals surface area contributed by atoms with E-state index in [0.29, 0.717) is 18.7 Å². The largest absolute Gasteiger partial charge is 0.298 e. The maximum Gasteiger partial charge on any atom is 0.148 e. The van der Waals surface area contributed by atoms with Gasteiger partial charge in [0, 0.05) is 23.5 Å². The van der Waals surface area contributed by atoms with Crippen LogP contribution in [0.25, 0.3) is 0 Å². The fraction of sp³-hybridized carbons (Fsp3) is 0.462. The Kier molecular flexibility index (Phi) is 3.04. The fourth-order valence-electron chi connectivity index (χ4n) is 2.18. The van der Waals surface area contributed by atoms with E-state index in [0.717, 1.165) is 17.1 Å². The van der Waals surface area contributed by atoms with Crippen molar-refractivity contribution in [1.29, 1.82) is 0 Å². The van der Waals surface area contributed by atoms with E-state index in [4.69, 9.17) is 11.6 Å². The van der Waals surface area contributed by atoms with Gasteiger partial charge in [0.25, 0.3) is 0 Å². The van der Waals surface area contributed by atoms with Gasteiger partial charge in [0.05, 0.1) is 6.54 Å². The van der Waals surface area contributed by atoms with Gasteiger partial charge in [-0.3, -0.25) is 9.69 Å². The van der Waals surface area contributed by atoms with Gasteiger partial charge in [-0.25, -0.2) is 0 Å². The van der Waals surface area contributed by atoms with Crippen LogP contribution in [0.2, 0.25) is 5.02 Å². The number of hydrogen-bond acceptors (Lipinski definition) is 2. The van der Waals surface area contributed by atoms with Gasteiger partial charge in [-0.1, -0.05) is 29.8 Å². The molecule has 0 radical (unpaired) electrons. The summed E-state index contributed by atoms with van der Waals surface area (Å²) in [5.74, 6) is 0.317. The molecule has 2 nitrogen and oxygen atoms in total. The van der Waals surface area contributed by atoms with Crippen molar-refractivity contribution in [2.45, 2.75) is 32.4 Å². The predicted octanol–water partition coefficient (Wildman–Crippen LogP) is 2.89. The molecule has 0 bridgehead atoms. The summed E-state index contributed by atoms with van der Waals surface area (Å²) < 4.78 is 0. The third kappa shape index (κ3) is 2.28. The molecule has 0 atom stereocenters. The van der Waals surface area contributed by atoms with Gasteiger partial charge in [-0.05, 0) is 25.5 Å². The van der Waals surface area contributed by atoms with Crippen LogP contribution in [0.4, 0.5) is 0 Å². The normalized spacial score (nSPS) is 20.3. The van der Waals surface area contributed by atoms with Crippen molar-refractivity contribution >= 4 is 17.4 Å². The van der Waals surface area contributed by atoms with E-state index in [1.807, 2.05) is 24.3 Å². The van der Waals surface area contributed by atoms with Crippen molar-refractivity contribution < 1.29 is 4.79 Å². The van der Waals surface area contributed by atoms with E-state index < -0.39 is 0 Å². The van der Waals surface area contributed by atoms with Crippen LogP contribution in [0.5, 0.6) is 0 Å². The molecule has 0 aromatic heterocycles. The molecular weight excluding hydrogens is 222 g/mol. The van der Waals surface area contributed by atoms with E-state index in [-0.39, 0.29) is 5.54 Å². The number of ketones is 1. The second-order valence-electron chi connectivity index (χ2n) is 4.98. The van der Waals surface area contributed by atoms with Gasteiger partial charge in [-0.2, -0.15) is 0 Å². The van der Waals surface area contributed by atoms with Crippen LogP contribution in [-0.4, -0.2) is 22.8 Å². The zero-order valence-corrected chi connectivity index (χ0v) is 10.4. The van der Waals surface area contributed by atoms with Crippen molar-refractivity contribution in [3.8, 4) is 0 Å². The van der Waals surface area contributed by atoms with Crippen LogP contribution in [0, 0.1) is 0 Å². The summed E-state index contributed by atoms with van der Waals surface area (Å²) in [6.07, 6.45) is 0.636. The monoisotopic (exact) mass is 237 g/mol. The quantitative estimate of drug-likeness (QED) is 0.789. The second kappa shape index (κ2) is 4.19. The van der Waals surface area contributed by atoms with Crippen LogP contribution < -0.4 is 0 Å². The molecule has 0 aliphatic carbocycles. The van der Waals surface area contributed by atoms with Gasteiger partial charge in [-0.15, -0.1) is 0 Å². The number of halogens is 1. The van der Waals surface area contributed by atoms with Gasteiger partial charge in [0.15, 0.2) is 0 Å². The molecule has 0 spiro atoms. The van der Waals surface area contributed by atoms with E-state index >= 15 is 0 Å². The lowest BCUT2D eigenvalue weighted by Gasteiger charge is -2.30. The predicted molar refractivity (Wildman–Crippen MR) is 65.6 cm³/mol. The molecule has 3 heteroatoms. The lowest BCUT2D eigenvalue weighted by Crippen LogP contribution is -2.37. The number of benzene rings is 1. The highest BCUT2D eigenvalue weighted by molar-refractivity contribution is 6.31. The second-order valence-corrected chi connectivity index (χ2v) is 5.38. The first kappa shape index (κ1) is 11.6. The minimum Gasteiger partial charge on any atom is -0.298 e. The Balaban J connectivity index is 2.17. The number of hydrogen-bond donors (Lipinski definition) is 0. The highest BCUT2D eigenvalue weighted by Crippen LogP contribution is 2.29. The summed E-state index contributed by atoms with van der Waals surface area (Å²) in [6, 6.07) is 7.81. The molecule has 1 saturated heterocycles. The summed E-state index contributed by atoms with van der Waals surface area (Å²) in [7, 11) is 0. The summed E-state index contributed by atoms with van der Waals surface area (Å²) >= 11 is 6.12. The Labute approximate surface area is 101 Å². The van der Waals surface area contributed by atoms with Crippen molar-refractivity contribution in [3.63, 3.8) is 0 Å². The Bertz CT molecular complexity index is 414. The first-order valence-electron chi connectivity index (χ1n) is 5.49. The molecular formula is C13H16ClNO. The molecule has 0 saturated carbocycles. The molecule has 0 unspecified atom stereocenters. The summed E-state index contributed by atoms with van der Waals surface area (Å²) in [5, 5.41) is 0.776. The maximum atomic E-state index is 11.5. The summed E-state index contributed by atoms with van der Waals surface area (Å²) in [5.41, 5.74) is 1.04. The molecule has 1 aromatic carbocycles. The van der Waals surface area contributed by atoms with E-state index in [1.165, 1.54) is 0 Å². The van der Waals surface area contributed by atoms with Crippen LogP contribution in [0.15, 0.2) is 24.3 Å². The average molecular weight is 238 g/mol. The summed E-state index contributed by atoms with van der Waals surface area (Å²) in [4.78, 5) is 13.7. The number of rotatable bonds is 2. The van der Waals surface area contributed by atoms with Crippen LogP contribution in [0.3, 0.4) is 0 Å². The van der Waals surface area contributed by atoms with Crippen LogP contribution in [0.1, 0.15) is 25.8 Å². The van der Waals surface area contributed by atoms with E-state index in [9.17, 15) is 4.79 Å².